The summed E-state index contributed by atoms with van der Waals surface area (Å²) in [7, 11) is -3.52. The van der Waals surface area contributed by atoms with Gasteiger partial charge in [0.25, 0.3) is 0 Å². The van der Waals surface area contributed by atoms with Crippen molar-refractivity contribution in [2.45, 2.75) is 26.3 Å². The first-order chi connectivity index (χ1) is 9.36. The van der Waals surface area contributed by atoms with Crippen molar-refractivity contribution in [2.75, 3.05) is 18.0 Å². The third-order valence-electron chi connectivity index (χ3n) is 2.88. The van der Waals surface area contributed by atoms with E-state index < -0.39 is 15.9 Å². The quantitative estimate of drug-likeness (QED) is 0.688. The van der Waals surface area contributed by atoms with E-state index in [4.69, 9.17) is 11.5 Å². The Morgan fingerprint density at radius 1 is 1.30 bits per heavy atom. The van der Waals surface area contributed by atoms with Gasteiger partial charge < -0.3 is 11.5 Å². The predicted molar refractivity (Wildman–Crippen MR) is 79.2 cm³/mol. The Balaban J connectivity index is 2.95. The van der Waals surface area contributed by atoms with Gasteiger partial charge in [-0.05, 0) is 18.1 Å². The summed E-state index contributed by atoms with van der Waals surface area (Å²) >= 11 is 0. The Labute approximate surface area is 119 Å². The largest absolute Gasteiger partial charge is 0.398 e. The number of amides is 1. The summed E-state index contributed by atoms with van der Waals surface area (Å²) in [6.45, 7) is 1.63. The van der Waals surface area contributed by atoms with Crippen LogP contribution in [-0.4, -0.2) is 30.9 Å². The summed E-state index contributed by atoms with van der Waals surface area (Å²) in [5, 5.41) is 0. The van der Waals surface area contributed by atoms with Gasteiger partial charge in [-0.25, -0.2) is 8.42 Å². The van der Waals surface area contributed by atoms with E-state index in [1.165, 1.54) is 0 Å². The van der Waals surface area contributed by atoms with Gasteiger partial charge >= 0.3 is 0 Å². The van der Waals surface area contributed by atoms with Crippen molar-refractivity contribution in [3.05, 3.63) is 29.8 Å². The number of hydrogen-bond donors (Lipinski definition) is 2. The summed E-state index contributed by atoms with van der Waals surface area (Å²) in [5.74, 6) is -0.677. The van der Waals surface area contributed by atoms with E-state index in [1.54, 1.807) is 24.3 Å². The van der Waals surface area contributed by atoms with E-state index in [0.29, 0.717) is 17.7 Å². The fraction of sp³-hybridized carbons (Fsp3) is 0.462. The maximum absolute atomic E-state index is 12.2. The van der Waals surface area contributed by atoms with Crippen LogP contribution < -0.4 is 11.5 Å². The van der Waals surface area contributed by atoms with E-state index in [0.717, 1.165) is 10.7 Å². The number of carbonyl (C=O) groups excluding carboxylic acids is 1. The second kappa shape index (κ2) is 7.25. The van der Waals surface area contributed by atoms with Crippen molar-refractivity contribution in [3.8, 4) is 0 Å². The molecule has 4 N–H and O–H groups in total. The number of nitrogens with zero attached hydrogens (tertiary/aromatic N) is 1. The van der Waals surface area contributed by atoms with Gasteiger partial charge in [-0.1, -0.05) is 31.5 Å². The number of sulfonamides is 1. The number of para-hydroxylation sites is 1. The summed E-state index contributed by atoms with van der Waals surface area (Å²) < 4.78 is 25.5. The number of nitrogens with two attached hydrogens (primary N) is 2. The van der Waals surface area contributed by atoms with Crippen LogP contribution in [0.15, 0.2) is 24.3 Å². The normalized spacial score (nSPS) is 11.7. The molecule has 1 aromatic rings. The Bertz CT molecular complexity index is 558. The minimum atomic E-state index is -3.52. The molecule has 0 atom stereocenters. The van der Waals surface area contributed by atoms with Gasteiger partial charge in [-0.2, -0.15) is 4.31 Å². The summed E-state index contributed by atoms with van der Waals surface area (Å²) in [6, 6.07) is 6.96. The molecule has 0 saturated heterocycles. The van der Waals surface area contributed by atoms with Gasteiger partial charge in [-0.3, -0.25) is 4.79 Å². The van der Waals surface area contributed by atoms with Crippen molar-refractivity contribution in [1.82, 2.24) is 4.31 Å². The number of hydrogen-bond acceptors (Lipinski definition) is 4. The molecule has 0 aliphatic carbocycles. The zero-order valence-electron chi connectivity index (χ0n) is 11.6. The van der Waals surface area contributed by atoms with E-state index in [9.17, 15) is 13.2 Å². The second-order valence-electron chi connectivity index (χ2n) is 4.60. The van der Waals surface area contributed by atoms with Gasteiger partial charge in [0.15, 0.2) is 0 Å². The lowest BCUT2D eigenvalue weighted by Gasteiger charge is -2.21. The Hall–Kier alpha value is -1.60. The minimum absolute atomic E-state index is 0.00349. The van der Waals surface area contributed by atoms with Crippen molar-refractivity contribution in [1.29, 1.82) is 0 Å². The molecule has 0 unspecified atom stereocenters. The summed E-state index contributed by atoms with van der Waals surface area (Å²) in [5.41, 5.74) is 12.1. The summed E-state index contributed by atoms with van der Waals surface area (Å²) in [4.78, 5) is 11.1. The third kappa shape index (κ3) is 4.82. The van der Waals surface area contributed by atoms with Gasteiger partial charge in [-0.15, -0.1) is 0 Å². The molecule has 1 aromatic carbocycles. The molecule has 0 aromatic heterocycles. The smallest absolute Gasteiger partial charge is 0.232 e. The van der Waals surface area contributed by atoms with E-state index in [-0.39, 0.29) is 18.8 Å². The van der Waals surface area contributed by atoms with Gasteiger partial charge in [0.2, 0.25) is 15.9 Å². The molecule has 0 aliphatic heterocycles. The van der Waals surface area contributed by atoms with Gasteiger partial charge in [0, 0.05) is 12.2 Å². The maximum atomic E-state index is 12.2. The number of unbranched alkanes of at least 4 members (excludes halogenated alkanes) is 1. The highest BCUT2D eigenvalue weighted by atomic mass is 32.2. The Kier molecular flexibility index (Phi) is 5.97. The van der Waals surface area contributed by atoms with Crippen LogP contribution in [0.1, 0.15) is 25.3 Å². The fourth-order valence-corrected chi connectivity index (χ4v) is 3.32. The number of carbonyl (C=O) groups is 1. The molecule has 0 bridgehead atoms. The van der Waals surface area contributed by atoms with Crippen molar-refractivity contribution in [2.24, 2.45) is 5.73 Å². The van der Waals surface area contributed by atoms with Crippen molar-refractivity contribution < 1.29 is 13.2 Å². The van der Waals surface area contributed by atoms with Crippen LogP contribution in [0.2, 0.25) is 0 Å². The summed E-state index contributed by atoms with van der Waals surface area (Å²) in [6.07, 6.45) is 1.30. The maximum Gasteiger partial charge on any atom is 0.232 e. The van der Waals surface area contributed by atoms with E-state index in [1.807, 2.05) is 6.92 Å². The lowest BCUT2D eigenvalue weighted by atomic mass is 10.2. The molecule has 0 saturated carbocycles. The first-order valence-electron chi connectivity index (χ1n) is 6.46. The third-order valence-corrected chi connectivity index (χ3v) is 4.73. The molecule has 1 amide bonds. The van der Waals surface area contributed by atoms with Crippen LogP contribution in [0, 0.1) is 0 Å². The standard InChI is InChI=1S/C13H21N3O3S/c1-2-3-8-20(18,19)16(10-13(15)17)9-11-6-4-5-7-12(11)14/h4-7H,2-3,8-10,14H2,1H3,(H2,15,17). The zero-order valence-corrected chi connectivity index (χ0v) is 12.4. The average molecular weight is 299 g/mol. The van der Waals surface area contributed by atoms with E-state index in [2.05, 4.69) is 0 Å². The highest BCUT2D eigenvalue weighted by Gasteiger charge is 2.23. The van der Waals surface area contributed by atoms with Crippen LogP contribution >= 0.6 is 0 Å². The highest BCUT2D eigenvalue weighted by molar-refractivity contribution is 7.89. The fourth-order valence-electron chi connectivity index (χ4n) is 1.75. The predicted octanol–water partition coefficient (Wildman–Crippen LogP) is 0.686. The van der Waals surface area contributed by atoms with E-state index >= 15 is 0 Å². The molecule has 0 fully saturated rings. The first-order valence-corrected chi connectivity index (χ1v) is 8.07. The average Bonchev–Trinajstić information content (AvgIpc) is 2.37. The minimum Gasteiger partial charge on any atom is -0.398 e. The monoisotopic (exact) mass is 299 g/mol. The Morgan fingerprint density at radius 2 is 1.95 bits per heavy atom. The number of nitrogen functional groups attached to an aromatic ring is 1. The number of anilines is 1. The molecule has 0 aliphatic rings. The topological polar surface area (TPSA) is 106 Å². The number of rotatable bonds is 8. The van der Waals surface area contributed by atoms with Crippen molar-refractivity contribution in [3.63, 3.8) is 0 Å². The molecular weight excluding hydrogens is 278 g/mol. The lowest BCUT2D eigenvalue weighted by molar-refractivity contribution is -0.118. The molecule has 112 valence electrons. The molecule has 0 heterocycles. The molecule has 1 rings (SSSR count). The second-order valence-corrected chi connectivity index (χ2v) is 6.69. The molecule has 0 radical (unpaired) electrons. The van der Waals surface area contributed by atoms with Gasteiger partial charge in [0.1, 0.15) is 0 Å². The van der Waals surface area contributed by atoms with Crippen LogP contribution in [-0.2, 0) is 21.4 Å². The number of benzene rings is 1. The highest BCUT2D eigenvalue weighted by Crippen LogP contribution is 2.16. The molecule has 6 nitrogen and oxygen atoms in total. The molecule has 20 heavy (non-hydrogen) atoms. The number of primary amides is 1. The Morgan fingerprint density at radius 3 is 2.50 bits per heavy atom. The lowest BCUT2D eigenvalue weighted by Crippen LogP contribution is -2.39. The zero-order chi connectivity index (χ0) is 15.2. The van der Waals surface area contributed by atoms with Crippen LogP contribution in [0.25, 0.3) is 0 Å². The van der Waals surface area contributed by atoms with Gasteiger partial charge in [0.05, 0.1) is 12.3 Å². The molecule has 0 spiro atoms. The molecular formula is C13H21N3O3S. The van der Waals surface area contributed by atoms with Crippen LogP contribution in [0.3, 0.4) is 0 Å². The SMILES string of the molecule is CCCCS(=O)(=O)N(CC(N)=O)Cc1ccccc1N. The van der Waals surface area contributed by atoms with Crippen LogP contribution in [0.5, 0.6) is 0 Å². The van der Waals surface area contributed by atoms with Crippen molar-refractivity contribution >= 4 is 21.6 Å². The van der Waals surface area contributed by atoms with Crippen LogP contribution in [0.4, 0.5) is 5.69 Å². The molecule has 7 heteroatoms. The first kappa shape index (κ1) is 16.5.